The second-order valence-corrected chi connectivity index (χ2v) is 12.2. The maximum Gasteiger partial charge on any atom is 0.344 e. The molecule has 0 radical (unpaired) electrons. The molecule has 0 aromatic heterocycles. The van der Waals surface area contributed by atoms with E-state index in [4.69, 9.17) is 14.3 Å². The van der Waals surface area contributed by atoms with Crippen LogP contribution in [-0.4, -0.2) is 68.8 Å². The van der Waals surface area contributed by atoms with E-state index in [1.54, 1.807) is 30.7 Å². The molecule has 11 heteroatoms. The summed E-state index contributed by atoms with van der Waals surface area (Å²) in [6.45, 7) is 12.7. The van der Waals surface area contributed by atoms with E-state index in [1.807, 2.05) is 58.2 Å². The van der Waals surface area contributed by atoms with Crippen molar-refractivity contribution in [1.29, 1.82) is 0 Å². The van der Waals surface area contributed by atoms with Crippen LogP contribution in [0.5, 0.6) is 0 Å². The minimum atomic E-state index is -1.67. The normalized spacial score (nSPS) is 19.2. The van der Waals surface area contributed by atoms with Crippen LogP contribution in [0.15, 0.2) is 65.9 Å². The van der Waals surface area contributed by atoms with Gasteiger partial charge in [0.2, 0.25) is 11.4 Å². The number of hydrogen-bond donors (Lipinski definition) is 1. The maximum absolute atomic E-state index is 14.3. The Kier molecular flexibility index (Phi) is 13.4. The summed E-state index contributed by atoms with van der Waals surface area (Å²) in [7, 11) is 1.78. The Balaban J connectivity index is 2.16. The third kappa shape index (κ3) is 8.64. The molecule has 3 atom stereocenters. The van der Waals surface area contributed by atoms with Crippen LogP contribution in [0.25, 0.3) is 0 Å². The van der Waals surface area contributed by atoms with E-state index < -0.39 is 16.5 Å². The number of rotatable bonds is 16. The second kappa shape index (κ2) is 16.8. The lowest BCUT2D eigenvalue weighted by Gasteiger charge is -2.39. The SMILES string of the molecule is CCCC(C)O[N+]1=C(C)C(=PO)C(OC(C)CCC)(c2cccc([N+](=O)[O-])c2)C(C(=O)OCCN(C)Cc2ccccc2)=C1C. The molecule has 0 saturated heterocycles. The first-order valence-electron chi connectivity index (χ1n) is 15.6. The van der Waals surface area contributed by atoms with Gasteiger partial charge in [0.25, 0.3) is 5.69 Å². The highest BCUT2D eigenvalue weighted by Crippen LogP contribution is 2.45. The Bertz CT molecular complexity index is 1430. The van der Waals surface area contributed by atoms with Gasteiger partial charge in [-0.15, -0.1) is 0 Å². The molecule has 0 saturated carbocycles. The summed E-state index contributed by atoms with van der Waals surface area (Å²) in [6, 6.07) is 16.1. The molecule has 10 nitrogen and oxygen atoms in total. The molecule has 244 valence electrons. The fraction of sp³-hybridized carbons (Fsp3) is 0.500. The molecule has 1 aliphatic rings. The third-order valence-electron chi connectivity index (χ3n) is 7.82. The molecule has 3 unspecified atom stereocenters. The molecule has 2 aromatic carbocycles. The number of non-ortho nitro benzene ring substituents is 1. The van der Waals surface area contributed by atoms with Crippen molar-refractivity contribution >= 4 is 31.1 Å². The Morgan fingerprint density at radius 3 is 2.36 bits per heavy atom. The Morgan fingerprint density at radius 1 is 1.07 bits per heavy atom. The van der Waals surface area contributed by atoms with Gasteiger partial charge in [0.1, 0.15) is 17.5 Å². The quantitative estimate of drug-likeness (QED) is 0.0720. The Hall–Kier alpha value is -3.43. The molecule has 0 fully saturated rings. The van der Waals surface area contributed by atoms with Crippen molar-refractivity contribution in [2.24, 2.45) is 0 Å². The first kappa shape index (κ1) is 36.0. The minimum absolute atomic E-state index is 0.0937. The number of likely N-dealkylation sites (N-methyl/N-ethyl adjacent to an activating group) is 1. The molecule has 0 aliphatic carbocycles. The summed E-state index contributed by atoms with van der Waals surface area (Å²) in [5.74, 6) is -0.652. The largest absolute Gasteiger partial charge is 0.461 e. The molecule has 1 aliphatic heterocycles. The van der Waals surface area contributed by atoms with Crippen LogP contribution in [-0.2, 0) is 31.3 Å². The van der Waals surface area contributed by atoms with Crippen molar-refractivity contribution in [3.8, 4) is 0 Å². The van der Waals surface area contributed by atoms with Crippen molar-refractivity contribution < 1.29 is 33.7 Å². The summed E-state index contributed by atoms with van der Waals surface area (Å²) >= 11 is 0. The monoisotopic (exact) mass is 640 g/mol. The molecule has 0 spiro atoms. The van der Waals surface area contributed by atoms with E-state index in [0.717, 1.165) is 24.8 Å². The molecule has 1 N–H and O–H groups in total. The molecule has 45 heavy (non-hydrogen) atoms. The molecule has 0 amide bonds. The van der Waals surface area contributed by atoms with Gasteiger partial charge in [0.05, 0.1) is 19.5 Å². The number of hydroxylamine groups is 1. The molecule has 0 bridgehead atoms. The van der Waals surface area contributed by atoms with Crippen molar-refractivity contribution in [2.45, 2.75) is 91.6 Å². The zero-order chi connectivity index (χ0) is 33.1. The smallest absolute Gasteiger partial charge is 0.344 e. The summed E-state index contributed by atoms with van der Waals surface area (Å²) in [5, 5.41) is 12.2. The lowest BCUT2D eigenvalue weighted by molar-refractivity contribution is -0.763. The number of nitro groups is 1. The van der Waals surface area contributed by atoms with Crippen LogP contribution < -0.4 is 0 Å². The number of nitrogens with zero attached hydrogens (tertiary/aromatic N) is 3. The number of allylic oxidation sites excluding steroid dienone is 1. The zero-order valence-electron chi connectivity index (χ0n) is 27.5. The van der Waals surface area contributed by atoms with E-state index in [0.29, 0.717) is 41.8 Å². The van der Waals surface area contributed by atoms with E-state index in [2.05, 4.69) is 11.8 Å². The Labute approximate surface area is 268 Å². The molecule has 3 rings (SSSR count). The highest BCUT2D eigenvalue weighted by atomic mass is 31.1. The summed E-state index contributed by atoms with van der Waals surface area (Å²) in [4.78, 5) is 45.1. The van der Waals surface area contributed by atoms with E-state index in [9.17, 15) is 19.8 Å². The van der Waals surface area contributed by atoms with Crippen LogP contribution in [0.4, 0.5) is 5.69 Å². The molecular formula is C34H47N3O7P+. The standard InChI is InChI=1S/C34H46N3O7P/c1-8-14-24(3)43-34(29-18-13-19-30(22-29)37(39)40)31(26(5)36(27(6)32(34)45-41)44-25(4)15-9-2)33(38)42-21-20-35(7)23-28-16-11-10-12-17-28/h10-13,16-19,22,24-25H,8-9,14-15,20-21,23H2,1-7H3/p+1. The number of hydrogen-bond acceptors (Lipinski definition) is 8. The predicted molar refractivity (Wildman–Crippen MR) is 177 cm³/mol. The van der Waals surface area contributed by atoms with Gasteiger partial charge in [-0.05, 0) is 39.3 Å². The lowest BCUT2D eigenvalue weighted by Crippen LogP contribution is -2.53. The molecular weight excluding hydrogens is 593 g/mol. The van der Waals surface area contributed by atoms with Crippen molar-refractivity contribution in [3.05, 3.63) is 87.1 Å². The number of ether oxygens (including phenoxy) is 2. The van der Waals surface area contributed by atoms with Crippen LogP contribution in [0.2, 0.25) is 0 Å². The summed E-state index contributed by atoms with van der Waals surface area (Å²) in [6.07, 6.45) is 2.57. The summed E-state index contributed by atoms with van der Waals surface area (Å²) in [5.41, 5.74) is 0.739. The maximum atomic E-state index is 14.3. The summed E-state index contributed by atoms with van der Waals surface area (Å²) < 4.78 is 14.3. The van der Waals surface area contributed by atoms with Gasteiger partial charge >= 0.3 is 5.97 Å². The van der Waals surface area contributed by atoms with Gasteiger partial charge in [0.15, 0.2) is 11.7 Å². The van der Waals surface area contributed by atoms with E-state index in [1.165, 1.54) is 12.1 Å². The third-order valence-corrected chi connectivity index (χ3v) is 8.66. The van der Waals surface area contributed by atoms with Crippen LogP contribution in [0, 0.1) is 10.1 Å². The highest BCUT2D eigenvalue weighted by Gasteiger charge is 2.57. The van der Waals surface area contributed by atoms with Crippen molar-refractivity contribution in [1.82, 2.24) is 4.90 Å². The van der Waals surface area contributed by atoms with Gasteiger partial charge in [-0.25, -0.2) is 4.79 Å². The van der Waals surface area contributed by atoms with Crippen LogP contribution in [0.3, 0.4) is 0 Å². The number of benzene rings is 2. The molecule has 1 heterocycles. The average Bonchev–Trinajstić information content (AvgIpc) is 3.00. The van der Waals surface area contributed by atoms with Crippen molar-refractivity contribution in [3.63, 3.8) is 0 Å². The number of carbonyl (C=O) groups excluding carboxylic acids is 1. The van der Waals surface area contributed by atoms with Crippen molar-refractivity contribution in [2.75, 3.05) is 20.2 Å². The van der Waals surface area contributed by atoms with E-state index >= 15 is 0 Å². The Morgan fingerprint density at radius 2 is 1.73 bits per heavy atom. The second-order valence-electron chi connectivity index (χ2n) is 11.6. The lowest BCUT2D eigenvalue weighted by atomic mass is 9.78. The fourth-order valence-corrected chi connectivity index (χ4v) is 6.39. The topological polar surface area (TPSA) is 114 Å². The van der Waals surface area contributed by atoms with Gasteiger partial charge in [-0.3, -0.25) is 19.9 Å². The van der Waals surface area contributed by atoms with Crippen LogP contribution in [0.1, 0.15) is 78.4 Å². The van der Waals surface area contributed by atoms with Gasteiger partial charge in [0, 0.05) is 49.4 Å². The fourth-order valence-electron chi connectivity index (χ4n) is 5.72. The minimum Gasteiger partial charge on any atom is -0.461 e. The van der Waals surface area contributed by atoms with Gasteiger partial charge in [-0.1, -0.05) is 69.2 Å². The first-order chi connectivity index (χ1) is 21.5. The predicted octanol–water partition coefficient (Wildman–Crippen LogP) is 6.58. The van der Waals surface area contributed by atoms with Crippen LogP contribution >= 0.6 is 8.43 Å². The van der Waals surface area contributed by atoms with Gasteiger partial charge < -0.3 is 14.4 Å². The number of esters is 1. The number of carbonyl (C=O) groups is 1. The molecule has 2 aromatic rings. The zero-order valence-corrected chi connectivity index (χ0v) is 28.4. The van der Waals surface area contributed by atoms with E-state index in [-0.39, 0.29) is 38.5 Å². The number of nitro benzene ring substituents is 1. The average molecular weight is 641 g/mol. The highest BCUT2D eigenvalue weighted by molar-refractivity contribution is 7.38. The first-order valence-corrected chi connectivity index (χ1v) is 16.4. The van der Waals surface area contributed by atoms with Gasteiger partial charge in [-0.2, -0.15) is 0 Å².